The van der Waals surface area contributed by atoms with Crippen LogP contribution >= 0.6 is 15.6 Å². The molecule has 0 heterocycles. The smallest absolute Gasteiger partial charge is 0.462 e. The first-order valence-corrected chi connectivity index (χ1v) is 46.6. The fourth-order valence-electron chi connectivity index (χ4n) is 13.1. The molecule has 0 radical (unpaired) electrons. The molecule has 0 saturated carbocycles. The van der Waals surface area contributed by atoms with Crippen LogP contribution in [0, 0.1) is 5.92 Å². The van der Waals surface area contributed by atoms with Gasteiger partial charge in [-0.05, 0) is 31.6 Å². The van der Waals surface area contributed by atoms with Crippen molar-refractivity contribution in [3.8, 4) is 0 Å². The topological polar surface area (TPSA) is 237 Å². The minimum absolute atomic E-state index is 0.109. The number of ether oxygens (including phenoxy) is 4. The molecule has 612 valence electrons. The van der Waals surface area contributed by atoms with Gasteiger partial charge in [0.1, 0.15) is 19.3 Å². The van der Waals surface area contributed by atoms with Crippen LogP contribution in [0.3, 0.4) is 0 Å². The van der Waals surface area contributed by atoms with E-state index in [1.807, 2.05) is 0 Å². The molecule has 103 heavy (non-hydrogen) atoms. The van der Waals surface area contributed by atoms with Crippen LogP contribution in [0.15, 0.2) is 0 Å². The molecule has 0 rings (SSSR count). The Morgan fingerprint density at radius 3 is 0.660 bits per heavy atom. The lowest BCUT2D eigenvalue weighted by atomic mass is 10.0. The Balaban J connectivity index is 5.21. The van der Waals surface area contributed by atoms with Gasteiger partial charge in [0.25, 0.3) is 0 Å². The molecule has 3 N–H and O–H groups in total. The van der Waals surface area contributed by atoms with Crippen LogP contribution < -0.4 is 0 Å². The summed E-state index contributed by atoms with van der Waals surface area (Å²) in [6, 6.07) is 0. The number of aliphatic hydroxyl groups excluding tert-OH is 1. The maximum atomic E-state index is 13.1. The average Bonchev–Trinajstić information content (AvgIpc) is 0.920. The van der Waals surface area contributed by atoms with Gasteiger partial charge in [-0.25, -0.2) is 9.13 Å². The molecular formula is C84H164O17P2. The number of carbonyl (C=O) groups is 4. The van der Waals surface area contributed by atoms with E-state index in [0.717, 1.165) is 95.8 Å². The number of unbranched alkanes of at least 4 members (excludes halogenated alkanes) is 56. The monoisotopic (exact) mass is 1510 g/mol. The lowest BCUT2D eigenvalue weighted by Crippen LogP contribution is -2.30. The highest BCUT2D eigenvalue weighted by molar-refractivity contribution is 7.47. The molecule has 19 heteroatoms. The third-order valence-corrected chi connectivity index (χ3v) is 21.7. The lowest BCUT2D eigenvalue weighted by Gasteiger charge is -2.21. The number of esters is 4. The van der Waals surface area contributed by atoms with Crippen molar-refractivity contribution in [2.75, 3.05) is 39.6 Å². The van der Waals surface area contributed by atoms with E-state index in [4.69, 9.17) is 37.0 Å². The third kappa shape index (κ3) is 78.0. The highest BCUT2D eigenvalue weighted by atomic mass is 31.2. The fraction of sp³-hybridized carbons (Fsp3) is 0.952. The number of rotatable bonds is 84. The molecule has 0 bridgehead atoms. The Morgan fingerprint density at radius 1 is 0.262 bits per heavy atom. The molecule has 0 spiro atoms. The van der Waals surface area contributed by atoms with E-state index in [2.05, 4.69) is 34.6 Å². The van der Waals surface area contributed by atoms with Gasteiger partial charge in [0, 0.05) is 25.7 Å². The molecule has 0 aromatic heterocycles. The summed E-state index contributed by atoms with van der Waals surface area (Å²) in [5, 5.41) is 10.7. The molecule has 0 aliphatic carbocycles. The fourth-order valence-corrected chi connectivity index (χ4v) is 14.7. The highest BCUT2D eigenvalue weighted by Crippen LogP contribution is 2.45. The van der Waals surface area contributed by atoms with E-state index in [1.165, 1.54) is 276 Å². The predicted octanol–water partition coefficient (Wildman–Crippen LogP) is 25.6. The molecule has 2 unspecified atom stereocenters. The zero-order valence-corrected chi connectivity index (χ0v) is 69.3. The second-order valence-electron chi connectivity index (χ2n) is 30.7. The van der Waals surface area contributed by atoms with Gasteiger partial charge in [-0.1, -0.05) is 401 Å². The van der Waals surface area contributed by atoms with Gasteiger partial charge in [0.05, 0.1) is 26.4 Å². The summed E-state index contributed by atoms with van der Waals surface area (Å²) in [4.78, 5) is 73.1. The Labute approximate surface area is 632 Å². The Hall–Kier alpha value is -1.94. The van der Waals surface area contributed by atoms with E-state index >= 15 is 0 Å². The van der Waals surface area contributed by atoms with Gasteiger partial charge in [-0.15, -0.1) is 0 Å². The molecular weight excluding hydrogens is 1340 g/mol. The minimum atomic E-state index is -4.96. The first kappa shape index (κ1) is 101. The number of hydrogen-bond donors (Lipinski definition) is 3. The second-order valence-corrected chi connectivity index (χ2v) is 33.6. The summed E-state index contributed by atoms with van der Waals surface area (Å²) < 4.78 is 68.8. The van der Waals surface area contributed by atoms with Crippen LogP contribution in [0.1, 0.15) is 452 Å². The van der Waals surface area contributed by atoms with Gasteiger partial charge in [-0.2, -0.15) is 0 Å². The van der Waals surface area contributed by atoms with Crippen molar-refractivity contribution in [1.82, 2.24) is 0 Å². The summed E-state index contributed by atoms with van der Waals surface area (Å²) in [7, 11) is -9.92. The van der Waals surface area contributed by atoms with E-state index < -0.39 is 97.5 Å². The Kier molecular flexibility index (Phi) is 75.4. The van der Waals surface area contributed by atoms with E-state index in [1.54, 1.807) is 0 Å². The number of phosphoric acid groups is 2. The lowest BCUT2D eigenvalue weighted by molar-refractivity contribution is -0.161. The average molecular weight is 1510 g/mol. The zero-order valence-electron chi connectivity index (χ0n) is 67.5. The maximum Gasteiger partial charge on any atom is 0.472 e. The van der Waals surface area contributed by atoms with Gasteiger partial charge in [0.15, 0.2) is 12.2 Å². The molecule has 5 atom stereocenters. The Morgan fingerprint density at radius 2 is 0.447 bits per heavy atom. The SMILES string of the molecule is CCCCCCCCCCCCCCCCCCCCCC(=O)O[C@H](COC(=O)CCCCCCCCCCCCCCCCCC(C)C)COP(=O)(O)OC[C@@H](O)COP(=O)(O)OC[C@@H](COC(=O)CCCCCCCCCCC)OC(=O)CCCCCCCCCCCCCCCCCCC. The number of phosphoric ester groups is 2. The molecule has 17 nitrogen and oxygen atoms in total. The molecule has 0 aliphatic rings. The quantitative estimate of drug-likeness (QED) is 0.0222. The minimum Gasteiger partial charge on any atom is -0.462 e. The van der Waals surface area contributed by atoms with Gasteiger partial charge in [0.2, 0.25) is 0 Å². The summed E-state index contributed by atoms with van der Waals surface area (Å²) in [6.07, 6.45) is 69.4. The van der Waals surface area contributed by atoms with Crippen molar-refractivity contribution in [3.63, 3.8) is 0 Å². The van der Waals surface area contributed by atoms with Crippen molar-refractivity contribution in [2.45, 2.75) is 470 Å². The predicted molar refractivity (Wildman–Crippen MR) is 423 cm³/mol. The molecule has 0 aliphatic heterocycles. The van der Waals surface area contributed by atoms with Crippen molar-refractivity contribution >= 4 is 39.5 Å². The second kappa shape index (κ2) is 76.8. The van der Waals surface area contributed by atoms with Crippen molar-refractivity contribution in [3.05, 3.63) is 0 Å². The summed E-state index contributed by atoms with van der Waals surface area (Å²) >= 11 is 0. The normalized spacial score (nSPS) is 13.8. The number of aliphatic hydroxyl groups is 1. The maximum absolute atomic E-state index is 13.1. The van der Waals surface area contributed by atoms with Crippen molar-refractivity contribution in [2.24, 2.45) is 5.92 Å². The van der Waals surface area contributed by atoms with Crippen molar-refractivity contribution in [1.29, 1.82) is 0 Å². The molecule has 0 aromatic rings. The zero-order chi connectivity index (χ0) is 75.5. The molecule has 0 saturated heterocycles. The molecule has 0 amide bonds. The van der Waals surface area contributed by atoms with Crippen LogP contribution in [-0.4, -0.2) is 96.7 Å². The van der Waals surface area contributed by atoms with E-state index in [0.29, 0.717) is 25.7 Å². The van der Waals surface area contributed by atoms with E-state index in [9.17, 15) is 43.2 Å². The van der Waals surface area contributed by atoms with Crippen LogP contribution in [0.2, 0.25) is 0 Å². The summed E-state index contributed by atoms with van der Waals surface area (Å²) in [6.45, 7) is 7.37. The van der Waals surface area contributed by atoms with Gasteiger partial charge < -0.3 is 33.8 Å². The van der Waals surface area contributed by atoms with Crippen LogP contribution in [0.5, 0.6) is 0 Å². The standard InChI is InChI=1S/C84H164O17P2/c1-6-9-12-15-18-21-23-25-27-29-30-32-36-41-45-50-55-60-65-70-84(89)101-80(74-95-82(87)68-63-58-53-48-43-39-37-33-34-38-42-47-51-56-61-66-77(4)5)76-99-103(92,93)97-72-78(85)71-96-102(90,91)98-75-79(73-94-81(86)67-62-57-52-46-20-17-14-11-8-3)100-83(88)69-64-59-54-49-44-40-35-31-28-26-24-22-19-16-13-10-7-2/h77-80,85H,6-76H2,1-5H3,(H,90,91)(H,92,93)/t78-,79+,80+/m0/s1. The highest BCUT2D eigenvalue weighted by Gasteiger charge is 2.30. The number of hydrogen-bond acceptors (Lipinski definition) is 15. The molecule has 0 aromatic carbocycles. The Bertz CT molecular complexity index is 1960. The summed E-state index contributed by atoms with van der Waals surface area (Å²) in [5.74, 6) is -1.30. The molecule has 0 fully saturated rings. The first-order valence-electron chi connectivity index (χ1n) is 43.6. The van der Waals surface area contributed by atoms with Crippen LogP contribution in [0.25, 0.3) is 0 Å². The van der Waals surface area contributed by atoms with Crippen LogP contribution in [-0.2, 0) is 65.4 Å². The van der Waals surface area contributed by atoms with E-state index in [-0.39, 0.29) is 25.7 Å². The number of carbonyl (C=O) groups excluding carboxylic acids is 4. The third-order valence-electron chi connectivity index (χ3n) is 19.8. The van der Waals surface area contributed by atoms with Crippen LogP contribution in [0.4, 0.5) is 0 Å². The van der Waals surface area contributed by atoms with Crippen molar-refractivity contribution < 1.29 is 80.2 Å². The van der Waals surface area contributed by atoms with Gasteiger partial charge >= 0.3 is 39.5 Å². The largest absolute Gasteiger partial charge is 0.472 e. The van der Waals surface area contributed by atoms with Gasteiger partial charge in [-0.3, -0.25) is 37.3 Å². The first-order chi connectivity index (χ1) is 50.0. The summed E-state index contributed by atoms with van der Waals surface area (Å²) in [5.41, 5.74) is 0.